The van der Waals surface area contributed by atoms with Gasteiger partial charge in [0, 0.05) is 38.1 Å². The highest BCUT2D eigenvalue weighted by Gasteiger charge is 2.32. The first-order valence-electron chi connectivity index (χ1n) is 8.79. The number of carbonyl (C=O) groups excluding carboxylic acids is 1. The van der Waals surface area contributed by atoms with E-state index in [-0.39, 0.29) is 17.9 Å². The molecule has 0 aromatic carbocycles. The molecular formula is C17H27N3O4. The zero-order valence-corrected chi connectivity index (χ0v) is 14.2. The number of aromatic amines is 1. The number of aromatic nitrogens is 2. The van der Waals surface area contributed by atoms with Gasteiger partial charge >= 0.3 is 0 Å². The van der Waals surface area contributed by atoms with Gasteiger partial charge in [0.25, 0.3) is 0 Å². The molecule has 0 unspecified atom stereocenters. The van der Waals surface area contributed by atoms with Crippen LogP contribution in [0.1, 0.15) is 36.2 Å². The van der Waals surface area contributed by atoms with Crippen LogP contribution in [0.4, 0.5) is 0 Å². The van der Waals surface area contributed by atoms with Crippen LogP contribution >= 0.6 is 0 Å². The summed E-state index contributed by atoms with van der Waals surface area (Å²) in [4.78, 5) is 12.1. The van der Waals surface area contributed by atoms with Gasteiger partial charge in [0.1, 0.15) is 6.10 Å². The summed E-state index contributed by atoms with van der Waals surface area (Å²) in [5.41, 5.74) is 3.58. The molecule has 7 heteroatoms. The average molecular weight is 337 g/mol. The average Bonchev–Trinajstić information content (AvgIpc) is 3.02. The van der Waals surface area contributed by atoms with Gasteiger partial charge in [0.05, 0.1) is 25.0 Å². The van der Waals surface area contributed by atoms with Crippen molar-refractivity contribution in [1.29, 1.82) is 0 Å². The molecule has 2 heterocycles. The van der Waals surface area contributed by atoms with Crippen molar-refractivity contribution in [3.05, 3.63) is 17.0 Å². The molecule has 0 radical (unpaired) electrons. The van der Waals surface area contributed by atoms with E-state index in [4.69, 9.17) is 9.47 Å². The van der Waals surface area contributed by atoms with Crippen molar-refractivity contribution in [1.82, 2.24) is 15.5 Å². The Morgan fingerprint density at radius 2 is 2.25 bits per heavy atom. The van der Waals surface area contributed by atoms with Crippen LogP contribution in [-0.2, 0) is 33.5 Å². The molecule has 24 heavy (non-hydrogen) atoms. The summed E-state index contributed by atoms with van der Waals surface area (Å²) in [5.74, 6) is -0.153. The van der Waals surface area contributed by atoms with Crippen molar-refractivity contribution in [3.8, 4) is 0 Å². The van der Waals surface area contributed by atoms with Gasteiger partial charge in [-0.2, -0.15) is 5.10 Å². The molecule has 1 fully saturated rings. The molecule has 0 saturated carbocycles. The minimum Gasteiger partial charge on any atom is -0.390 e. The highest BCUT2D eigenvalue weighted by atomic mass is 16.5. The van der Waals surface area contributed by atoms with Crippen LogP contribution < -0.4 is 5.32 Å². The molecule has 1 aromatic heterocycles. The highest BCUT2D eigenvalue weighted by Crippen LogP contribution is 2.23. The highest BCUT2D eigenvalue weighted by molar-refractivity contribution is 5.76. The van der Waals surface area contributed by atoms with Crippen LogP contribution in [-0.4, -0.2) is 60.3 Å². The van der Waals surface area contributed by atoms with Gasteiger partial charge in [-0.25, -0.2) is 0 Å². The van der Waals surface area contributed by atoms with Gasteiger partial charge in [0.15, 0.2) is 0 Å². The van der Waals surface area contributed by atoms with E-state index in [1.807, 2.05) is 0 Å². The first-order valence-corrected chi connectivity index (χ1v) is 8.79. The van der Waals surface area contributed by atoms with Crippen molar-refractivity contribution in [2.45, 2.75) is 50.7 Å². The predicted octanol–water partition coefficient (Wildman–Crippen LogP) is 0.360. The van der Waals surface area contributed by atoms with Crippen molar-refractivity contribution >= 4 is 5.91 Å². The number of hydrogen-bond donors (Lipinski definition) is 3. The summed E-state index contributed by atoms with van der Waals surface area (Å²) < 4.78 is 10.6. The summed E-state index contributed by atoms with van der Waals surface area (Å²) in [6.07, 6.45) is 4.67. The van der Waals surface area contributed by atoms with Gasteiger partial charge < -0.3 is 19.9 Å². The molecule has 2 aliphatic rings. The van der Waals surface area contributed by atoms with E-state index in [1.165, 1.54) is 24.1 Å². The van der Waals surface area contributed by atoms with Crippen molar-refractivity contribution in [2.75, 3.05) is 26.9 Å². The molecule has 0 spiro atoms. The lowest BCUT2D eigenvalue weighted by Gasteiger charge is -2.33. The minimum atomic E-state index is -0.609. The van der Waals surface area contributed by atoms with Crippen molar-refractivity contribution in [2.24, 2.45) is 5.92 Å². The lowest BCUT2D eigenvalue weighted by Crippen LogP contribution is -2.49. The van der Waals surface area contributed by atoms with E-state index in [1.54, 1.807) is 7.11 Å². The maximum atomic E-state index is 12.1. The van der Waals surface area contributed by atoms with E-state index in [0.717, 1.165) is 18.5 Å². The van der Waals surface area contributed by atoms with Crippen LogP contribution in [0.25, 0.3) is 0 Å². The summed E-state index contributed by atoms with van der Waals surface area (Å²) >= 11 is 0. The van der Waals surface area contributed by atoms with Gasteiger partial charge in [0.2, 0.25) is 5.91 Å². The number of aliphatic hydroxyl groups is 1. The Labute approximate surface area is 142 Å². The third-order valence-corrected chi connectivity index (χ3v) is 5.07. The molecule has 1 aliphatic carbocycles. The number of carbonyl (C=O) groups is 1. The van der Waals surface area contributed by atoms with Gasteiger partial charge in [-0.05, 0) is 31.2 Å². The number of H-pyrrole nitrogens is 1. The second kappa shape index (κ2) is 8.09. The molecule has 3 N–H and O–H groups in total. The second-order valence-electron chi connectivity index (χ2n) is 6.70. The maximum absolute atomic E-state index is 12.1. The molecule has 1 aliphatic heterocycles. The number of nitrogens with zero attached hydrogens (tertiary/aromatic N) is 1. The molecule has 134 valence electrons. The first-order chi connectivity index (χ1) is 11.7. The second-order valence-corrected chi connectivity index (χ2v) is 6.70. The molecule has 7 nitrogen and oxygen atoms in total. The fourth-order valence-electron chi connectivity index (χ4n) is 3.55. The molecule has 3 rings (SSSR count). The summed E-state index contributed by atoms with van der Waals surface area (Å²) in [6, 6.07) is 0. The Kier molecular flexibility index (Phi) is 5.86. The van der Waals surface area contributed by atoms with E-state index < -0.39 is 6.10 Å². The summed E-state index contributed by atoms with van der Waals surface area (Å²) in [6.45, 7) is 1.24. The van der Waals surface area contributed by atoms with Crippen LogP contribution in [0.2, 0.25) is 0 Å². The van der Waals surface area contributed by atoms with Crippen LogP contribution in [0.3, 0.4) is 0 Å². The SMILES string of the molecule is CO[C@@H]1COC[C@@H](CNC(=O)CCc2n[nH]c3c2CCCC3)[C@@H]1O. The lowest BCUT2D eigenvalue weighted by atomic mass is 9.94. The van der Waals surface area contributed by atoms with Gasteiger partial charge in [-0.3, -0.25) is 9.89 Å². The molecule has 1 saturated heterocycles. The lowest BCUT2D eigenvalue weighted by molar-refractivity contribution is -0.136. The number of methoxy groups -OCH3 is 1. The Balaban J connectivity index is 1.44. The molecule has 3 atom stereocenters. The number of fused-ring (bicyclic) bond motifs is 1. The molecular weight excluding hydrogens is 310 g/mol. The van der Waals surface area contributed by atoms with Gasteiger partial charge in [-0.1, -0.05) is 0 Å². The topological polar surface area (TPSA) is 96.5 Å². The fourth-order valence-corrected chi connectivity index (χ4v) is 3.55. The summed E-state index contributed by atoms with van der Waals surface area (Å²) in [7, 11) is 1.56. The first kappa shape index (κ1) is 17.4. The van der Waals surface area contributed by atoms with Crippen molar-refractivity contribution in [3.63, 3.8) is 0 Å². The number of rotatable bonds is 6. The van der Waals surface area contributed by atoms with Crippen molar-refractivity contribution < 1.29 is 19.4 Å². The zero-order chi connectivity index (χ0) is 16.9. The molecule has 1 amide bonds. The molecule has 0 bridgehead atoms. The number of amides is 1. The summed E-state index contributed by atoms with van der Waals surface area (Å²) in [5, 5.41) is 20.6. The maximum Gasteiger partial charge on any atom is 0.220 e. The standard InChI is InChI=1S/C17H27N3O4/c1-23-15-10-24-9-11(17(15)22)8-18-16(21)7-6-14-12-4-2-3-5-13(12)19-20-14/h11,15,17,22H,2-10H2,1H3,(H,18,21)(H,19,20)/t11-,15-,17+/m1/s1. The predicted molar refractivity (Wildman–Crippen MR) is 87.7 cm³/mol. The zero-order valence-electron chi connectivity index (χ0n) is 14.2. The quantitative estimate of drug-likeness (QED) is 0.696. The van der Waals surface area contributed by atoms with E-state index in [0.29, 0.717) is 32.6 Å². The van der Waals surface area contributed by atoms with Crippen LogP contribution in [0, 0.1) is 5.92 Å². The Morgan fingerprint density at radius 3 is 3.08 bits per heavy atom. The number of aryl methyl sites for hydroxylation is 2. The normalized spacial score (nSPS) is 26.8. The number of nitrogens with one attached hydrogen (secondary N) is 2. The Morgan fingerprint density at radius 1 is 1.42 bits per heavy atom. The number of ether oxygens (including phenoxy) is 2. The monoisotopic (exact) mass is 337 g/mol. The number of aliphatic hydroxyl groups excluding tert-OH is 1. The fraction of sp³-hybridized carbons (Fsp3) is 0.765. The third kappa shape index (κ3) is 3.96. The van der Waals surface area contributed by atoms with E-state index >= 15 is 0 Å². The van der Waals surface area contributed by atoms with Gasteiger partial charge in [-0.15, -0.1) is 0 Å². The Bertz CT molecular complexity index is 560. The third-order valence-electron chi connectivity index (χ3n) is 5.07. The number of hydrogen-bond acceptors (Lipinski definition) is 5. The van der Waals surface area contributed by atoms with Crippen LogP contribution in [0.15, 0.2) is 0 Å². The van der Waals surface area contributed by atoms with Crippen LogP contribution in [0.5, 0.6) is 0 Å². The minimum absolute atomic E-state index is 0.0192. The van der Waals surface area contributed by atoms with E-state index in [2.05, 4.69) is 15.5 Å². The largest absolute Gasteiger partial charge is 0.390 e. The Hall–Kier alpha value is -1.44. The molecule has 1 aromatic rings. The van der Waals surface area contributed by atoms with E-state index in [9.17, 15) is 9.90 Å². The smallest absolute Gasteiger partial charge is 0.220 e.